The van der Waals surface area contributed by atoms with Crippen molar-refractivity contribution in [2.75, 3.05) is 19.5 Å². The molecule has 1 N–H and O–H groups in total. The molecule has 0 heterocycles. The highest BCUT2D eigenvalue weighted by Gasteiger charge is 2.13. The zero-order chi connectivity index (χ0) is 18.4. The topological polar surface area (TPSA) is 56.8 Å². The van der Waals surface area contributed by atoms with Gasteiger partial charge in [-0.25, -0.2) is 0 Å². The standard InChI is InChI=1S/C21H19NO4/c1-24-19-13-12-15(14-20(19)25-2)21(23)22-17-10-6-7-11-18(17)26-16-8-4-3-5-9-16/h3-14H,1-2H3,(H,22,23). The van der Waals surface area contributed by atoms with Gasteiger partial charge in [-0.15, -0.1) is 0 Å². The predicted molar refractivity (Wildman–Crippen MR) is 100 cm³/mol. The lowest BCUT2D eigenvalue weighted by Gasteiger charge is -2.13. The molecule has 132 valence electrons. The van der Waals surface area contributed by atoms with E-state index in [2.05, 4.69) is 5.32 Å². The van der Waals surface area contributed by atoms with Crippen molar-refractivity contribution in [2.24, 2.45) is 0 Å². The third-order valence-electron chi connectivity index (χ3n) is 3.75. The molecule has 3 aromatic rings. The third kappa shape index (κ3) is 3.95. The van der Waals surface area contributed by atoms with E-state index in [1.165, 1.54) is 7.11 Å². The van der Waals surface area contributed by atoms with E-state index in [9.17, 15) is 4.79 Å². The Bertz CT molecular complexity index is 894. The Hall–Kier alpha value is -3.47. The van der Waals surface area contributed by atoms with Gasteiger partial charge in [0.25, 0.3) is 5.91 Å². The van der Waals surface area contributed by atoms with Crippen LogP contribution in [0.15, 0.2) is 72.8 Å². The highest BCUT2D eigenvalue weighted by molar-refractivity contribution is 6.05. The Morgan fingerprint density at radius 1 is 0.769 bits per heavy atom. The molecule has 0 fully saturated rings. The normalized spacial score (nSPS) is 10.1. The van der Waals surface area contributed by atoms with Crippen LogP contribution >= 0.6 is 0 Å². The average Bonchev–Trinajstić information content (AvgIpc) is 2.69. The van der Waals surface area contributed by atoms with Crippen molar-refractivity contribution in [3.63, 3.8) is 0 Å². The molecule has 0 aliphatic rings. The highest BCUT2D eigenvalue weighted by Crippen LogP contribution is 2.31. The number of carbonyl (C=O) groups is 1. The van der Waals surface area contributed by atoms with Gasteiger partial charge in [0.15, 0.2) is 17.2 Å². The lowest BCUT2D eigenvalue weighted by molar-refractivity contribution is 0.102. The highest BCUT2D eigenvalue weighted by atomic mass is 16.5. The summed E-state index contributed by atoms with van der Waals surface area (Å²) in [6.45, 7) is 0. The Kier molecular flexibility index (Phi) is 5.39. The lowest BCUT2D eigenvalue weighted by atomic mass is 10.1. The zero-order valence-corrected chi connectivity index (χ0v) is 14.6. The van der Waals surface area contributed by atoms with Crippen LogP contribution < -0.4 is 19.5 Å². The largest absolute Gasteiger partial charge is 0.493 e. The summed E-state index contributed by atoms with van der Waals surface area (Å²) in [6, 6.07) is 21.7. The van der Waals surface area contributed by atoms with Crippen molar-refractivity contribution in [1.29, 1.82) is 0 Å². The smallest absolute Gasteiger partial charge is 0.255 e. The summed E-state index contributed by atoms with van der Waals surface area (Å²) in [5.41, 5.74) is 1.04. The van der Waals surface area contributed by atoms with Crippen molar-refractivity contribution >= 4 is 11.6 Å². The van der Waals surface area contributed by atoms with E-state index in [1.54, 1.807) is 37.4 Å². The maximum absolute atomic E-state index is 12.6. The van der Waals surface area contributed by atoms with Crippen molar-refractivity contribution in [1.82, 2.24) is 0 Å². The molecule has 0 aliphatic heterocycles. The van der Waals surface area contributed by atoms with Crippen molar-refractivity contribution in [3.8, 4) is 23.0 Å². The van der Waals surface area contributed by atoms with E-state index in [0.717, 1.165) is 0 Å². The Labute approximate surface area is 152 Å². The summed E-state index contributed by atoms with van der Waals surface area (Å²) >= 11 is 0. The molecule has 26 heavy (non-hydrogen) atoms. The molecule has 5 nitrogen and oxygen atoms in total. The number of carbonyl (C=O) groups excluding carboxylic acids is 1. The van der Waals surface area contributed by atoms with Crippen LogP contribution in [0.5, 0.6) is 23.0 Å². The van der Waals surface area contributed by atoms with Gasteiger partial charge in [0, 0.05) is 5.56 Å². The molecule has 0 spiro atoms. The van der Waals surface area contributed by atoms with Gasteiger partial charge in [-0.3, -0.25) is 4.79 Å². The Morgan fingerprint density at radius 3 is 2.19 bits per heavy atom. The molecule has 1 amide bonds. The summed E-state index contributed by atoms with van der Waals surface area (Å²) in [6.07, 6.45) is 0. The van der Waals surface area contributed by atoms with Crippen LogP contribution in [0.2, 0.25) is 0 Å². The average molecular weight is 349 g/mol. The molecule has 0 radical (unpaired) electrons. The number of ether oxygens (including phenoxy) is 3. The lowest BCUT2D eigenvalue weighted by Crippen LogP contribution is -2.12. The summed E-state index contributed by atoms with van der Waals surface area (Å²) in [7, 11) is 3.08. The van der Waals surface area contributed by atoms with Crippen LogP contribution in [-0.2, 0) is 0 Å². The number of methoxy groups -OCH3 is 2. The number of amides is 1. The van der Waals surface area contributed by atoms with E-state index < -0.39 is 0 Å². The maximum Gasteiger partial charge on any atom is 0.255 e. The molecule has 0 bridgehead atoms. The number of hydrogen-bond donors (Lipinski definition) is 1. The molecule has 0 unspecified atom stereocenters. The third-order valence-corrected chi connectivity index (χ3v) is 3.75. The van der Waals surface area contributed by atoms with Crippen LogP contribution in [0.1, 0.15) is 10.4 Å². The molecular weight excluding hydrogens is 330 g/mol. The van der Waals surface area contributed by atoms with E-state index >= 15 is 0 Å². The van der Waals surface area contributed by atoms with Crippen LogP contribution in [0.4, 0.5) is 5.69 Å². The summed E-state index contributed by atoms with van der Waals surface area (Å²) < 4.78 is 16.3. The summed E-state index contributed by atoms with van der Waals surface area (Å²) in [5.74, 6) is 2.05. The fourth-order valence-corrected chi connectivity index (χ4v) is 2.45. The van der Waals surface area contributed by atoms with Gasteiger partial charge >= 0.3 is 0 Å². The molecule has 5 heteroatoms. The number of hydrogen-bond acceptors (Lipinski definition) is 4. The molecule has 0 aromatic heterocycles. The fourth-order valence-electron chi connectivity index (χ4n) is 2.45. The van der Waals surface area contributed by atoms with E-state index in [1.807, 2.05) is 42.5 Å². The van der Waals surface area contributed by atoms with Crippen molar-refractivity contribution in [3.05, 3.63) is 78.4 Å². The summed E-state index contributed by atoms with van der Waals surface area (Å²) in [4.78, 5) is 12.6. The minimum atomic E-state index is -0.268. The van der Waals surface area contributed by atoms with Crippen LogP contribution in [0, 0.1) is 0 Å². The fraction of sp³-hybridized carbons (Fsp3) is 0.0952. The van der Waals surface area contributed by atoms with Gasteiger partial charge in [-0.2, -0.15) is 0 Å². The quantitative estimate of drug-likeness (QED) is 0.698. The van der Waals surface area contributed by atoms with Crippen molar-refractivity contribution < 1.29 is 19.0 Å². The Morgan fingerprint density at radius 2 is 1.46 bits per heavy atom. The second kappa shape index (κ2) is 8.07. The number of nitrogens with one attached hydrogen (secondary N) is 1. The van der Waals surface area contributed by atoms with Gasteiger partial charge in [0.1, 0.15) is 5.75 Å². The molecule has 3 aromatic carbocycles. The van der Waals surface area contributed by atoms with E-state index in [0.29, 0.717) is 34.2 Å². The van der Waals surface area contributed by atoms with Gasteiger partial charge in [0.2, 0.25) is 0 Å². The Balaban J connectivity index is 1.82. The molecule has 0 saturated heterocycles. The number of para-hydroxylation sites is 3. The SMILES string of the molecule is COc1ccc(C(=O)Nc2ccccc2Oc2ccccc2)cc1OC. The van der Waals surface area contributed by atoms with Crippen LogP contribution in [0.25, 0.3) is 0 Å². The van der Waals surface area contributed by atoms with Gasteiger partial charge < -0.3 is 19.5 Å². The number of anilines is 1. The van der Waals surface area contributed by atoms with Gasteiger partial charge in [-0.05, 0) is 42.5 Å². The first-order chi connectivity index (χ1) is 12.7. The second-order valence-electron chi connectivity index (χ2n) is 5.44. The predicted octanol–water partition coefficient (Wildman–Crippen LogP) is 4.75. The molecule has 3 rings (SSSR count). The molecular formula is C21H19NO4. The minimum Gasteiger partial charge on any atom is -0.493 e. The van der Waals surface area contributed by atoms with E-state index in [-0.39, 0.29) is 5.91 Å². The first-order valence-electron chi connectivity index (χ1n) is 8.06. The number of benzene rings is 3. The second-order valence-corrected chi connectivity index (χ2v) is 5.44. The van der Waals surface area contributed by atoms with Crippen LogP contribution in [0.3, 0.4) is 0 Å². The molecule has 0 saturated carbocycles. The first kappa shape index (κ1) is 17.4. The zero-order valence-electron chi connectivity index (χ0n) is 14.6. The van der Waals surface area contributed by atoms with Gasteiger partial charge in [-0.1, -0.05) is 30.3 Å². The van der Waals surface area contributed by atoms with Gasteiger partial charge in [0.05, 0.1) is 19.9 Å². The minimum absolute atomic E-state index is 0.268. The first-order valence-corrected chi connectivity index (χ1v) is 8.06. The monoisotopic (exact) mass is 349 g/mol. The van der Waals surface area contributed by atoms with Crippen LogP contribution in [-0.4, -0.2) is 20.1 Å². The number of rotatable bonds is 6. The summed E-state index contributed by atoms with van der Waals surface area (Å²) in [5, 5.41) is 2.88. The molecule has 0 atom stereocenters. The van der Waals surface area contributed by atoms with E-state index in [4.69, 9.17) is 14.2 Å². The molecule has 0 aliphatic carbocycles. The van der Waals surface area contributed by atoms with Crippen molar-refractivity contribution in [2.45, 2.75) is 0 Å². The maximum atomic E-state index is 12.6.